The molecule has 0 spiro atoms. The summed E-state index contributed by atoms with van der Waals surface area (Å²) in [6.45, 7) is 5.77. The first kappa shape index (κ1) is 11.5. The SMILES string of the molecule is Cc1ccc(NC(=O)c2cc(C)c(C)o2)cc1. The highest BCUT2D eigenvalue weighted by Crippen LogP contribution is 2.15. The number of furan rings is 1. The van der Waals surface area contributed by atoms with E-state index in [1.54, 1.807) is 6.07 Å². The van der Waals surface area contributed by atoms with E-state index in [4.69, 9.17) is 4.42 Å². The fourth-order valence-electron chi connectivity index (χ4n) is 1.51. The molecule has 0 bridgehead atoms. The monoisotopic (exact) mass is 229 g/mol. The van der Waals surface area contributed by atoms with Crippen LogP contribution in [0.2, 0.25) is 0 Å². The highest BCUT2D eigenvalue weighted by atomic mass is 16.3. The van der Waals surface area contributed by atoms with Gasteiger partial charge in [-0.15, -0.1) is 0 Å². The minimum atomic E-state index is -0.218. The topological polar surface area (TPSA) is 42.2 Å². The lowest BCUT2D eigenvalue weighted by Gasteiger charge is -2.02. The predicted octanol–water partition coefficient (Wildman–Crippen LogP) is 3.46. The van der Waals surface area contributed by atoms with Crippen molar-refractivity contribution in [3.8, 4) is 0 Å². The summed E-state index contributed by atoms with van der Waals surface area (Å²) in [6.07, 6.45) is 0. The molecular weight excluding hydrogens is 214 g/mol. The summed E-state index contributed by atoms with van der Waals surface area (Å²) >= 11 is 0. The summed E-state index contributed by atoms with van der Waals surface area (Å²) in [5, 5.41) is 2.79. The number of carbonyl (C=O) groups is 1. The summed E-state index contributed by atoms with van der Waals surface area (Å²) in [5.74, 6) is 0.907. The number of carbonyl (C=O) groups excluding carboxylic acids is 1. The lowest BCUT2D eigenvalue weighted by molar-refractivity contribution is 0.0995. The van der Waals surface area contributed by atoms with Crippen LogP contribution in [-0.2, 0) is 0 Å². The Bertz CT molecular complexity index is 518. The molecule has 0 radical (unpaired) electrons. The molecule has 0 fully saturated rings. The van der Waals surface area contributed by atoms with Gasteiger partial charge in [0.2, 0.25) is 0 Å². The van der Waals surface area contributed by atoms with Crippen molar-refractivity contribution < 1.29 is 9.21 Å². The minimum absolute atomic E-state index is 0.218. The Balaban J connectivity index is 2.14. The Morgan fingerprint density at radius 2 is 1.76 bits per heavy atom. The Labute approximate surface area is 100 Å². The van der Waals surface area contributed by atoms with Crippen LogP contribution < -0.4 is 5.32 Å². The third kappa shape index (κ3) is 2.56. The molecule has 88 valence electrons. The number of hydrogen-bond donors (Lipinski definition) is 1. The molecule has 0 unspecified atom stereocenters. The summed E-state index contributed by atoms with van der Waals surface area (Å²) in [6, 6.07) is 9.40. The van der Waals surface area contributed by atoms with Gasteiger partial charge in [-0.25, -0.2) is 0 Å². The maximum atomic E-state index is 11.9. The van der Waals surface area contributed by atoms with E-state index < -0.39 is 0 Å². The molecule has 0 atom stereocenters. The van der Waals surface area contributed by atoms with Crippen molar-refractivity contribution in [2.75, 3.05) is 5.32 Å². The van der Waals surface area contributed by atoms with Gasteiger partial charge in [-0.3, -0.25) is 4.79 Å². The van der Waals surface area contributed by atoms with Crippen LogP contribution in [0.5, 0.6) is 0 Å². The minimum Gasteiger partial charge on any atom is -0.456 e. The number of aryl methyl sites for hydroxylation is 3. The highest BCUT2D eigenvalue weighted by molar-refractivity contribution is 6.02. The third-order valence-corrected chi connectivity index (χ3v) is 2.70. The molecule has 1 aromatic heterocycles. The van der Waals surface area contributed by atoms with E-state index in [2.05, 4.69) is 5.32 Å². The standard InChI is InChI=1S/C14H15NO2/c1-9-4-6-12(7-5-9)15-14(16)13-8-10(2)11(3)17-13/h4-8H,1-3H3,(H,15,16). The smallest absolute Gasteiger partial charge is 0.291 e. The molecule has 3 heteroatoms. The van der Waals surface area contributed by atoms with E-state index in [9.17, 15) is 4.79 Å². The Morgan fingerprint density at radius 1 is 1.12 bits per heavy atom. The van der Waals surface area contributed by atoms with E-state index in [1.807, 2.05) is 45.0 Å². The first-order chi connectivity index (χ1) is 8.06. The normalized spacial score (nSPS) is 10.3. The number of anilines is 1. The van der Waals surface area contributed by atoms with Crippen molar-refractivity contribution in [1.82, 2.24) is 0 Å². The van der Waals surface area contributed by atoms with Crippen LogP contribution in [0, 0.1) is 20.8 Å². The quantitative estimate of drug-likeness (QED) is 0.856. The van der Waals surface area contributed by atoms with Gasteiger partial charge in [0.1, 0.15) is 5.76 Å². The van der Waals surface area contributed by atoms with Crippen molar-refractivity contribution in [2.24, 2.45) is 0 Å². The first-order valence-electron chi connectivity index (χ1n) is 5.51. The van der Waals surface area contributed by atoms with Crippen molar-refractivity contribution in [1.29, 1.82) is 0 Å². The zero-order valence-corrected chi connectivity index (χ0v) is 10.2. The van der Waals surface area contributed by atoms with Gasteiger partial charge in [0.25, 0.3) is 5.91 Å². The van der Waals surface area contributed by atoms with Gasteiger partial charge >= 0.3 is 0 Å². The Kier molecular flexibility index (Phi) is 3.00. The lowest BCUT2D eigenvalue weighted by Crippen LogP contribution is -2.10. The summed E-state index contributed by atoms with van der Waals surface area (Å²) < 4.78 is 5.36. The molecule has 0 aliphatic carbocycles. The largest absolute Gasteiger partial charge is 0.456 e. The van der Waals surface area contributed by atoms with Crippen LogP contribution in [-0.4, -0.2) is 5.91 Å². The highest BCUT2D eigenvalue weighted by Gasteiger charge is 2.12. The van der Waals surface area contributed by atoms with Gasteiger partial charge in [0.05, 0.1) is 0 Å². The Morgan fingerprint density at radius 3 is 2.29 bits per heavy atom. The number of rotatable bonds is 2. The predicted molar refractivity (Wildman–Crippen MR) is 67.3 cm³/mol. The lowest BCUT2D eigenvalue weighted by atomic mass is 10.2. The second-order valence-corrected chi connectivity index (χ2v) is 4.17. The summed E-state index contributed by atoms with van der Waals surface area (Å²) in [4.78, 5) is 11.9. The van der Waals surface area contributed by atoms with Crippen LogP contribution in [0.25, 0.3) is 0 Å². The van der Waals surface area contributed by atoms with Gasteiger partial charge < -0.3 is 9.73 Å². The van der Waals surface area contributed by atoms with Crippen LogP contribution in [0.4, 0.5) is 5.69 Å². The molecule has 0 aliphatic heterocycles. The molecule has 1 aromatic carbocycles. The summed E-state index contributed by atoms with van der Waals surface area (Å²) in [7, 11) is 0. The number of hydrogen-bond acceptors (Lipinski definition) is 2. The molecule has 2 rings (SSSR count). The fourth-order valence-corrected chi connectivity index (χ4v) is 1.51. The van der Waals surface area contributed by atoms with E-state index in [1.165, 1.54) is 0 Å². The maximum Gasteiger partial charge on any atom is 0.291 e. The first-order valence-corrected chi connectivity index (χ1v) is 5.51. The molecule has 1 heterocycles. The van der Waals surface area contributed by atoms with E-state index in [0.29, 0.717) is 5.76 Å². The average Bonchev–Trinajstić information content (AvgIpc) is 2.63. The molecular formula is C14H15NO2. The average molecular weight is 229 g/mol. The zero-order chi connectivity index (χ0) is 12.4. The van der Waals surface area contributed by atoms with Crippen molar-refractivity contribution in [2.45, 2.75) is 20.8 Å². The molecule has 2 aromatic rings. The third-order valence-electron chi connectivity index (χ3n) is 2.70. The molecule has 0 saturated carbocycles. The van der Waals surface area contributed by atoms with Crippen LogP contribution in [0.1, 0.15) is 27.4 Å². The van der Waals surface area contributed by atoms with E-state index in [-0.39, 0.29) is 5.91 Å². The maximum absolute atomic E-state index is 11.9. The van der Waals surface area contributed by atoms with Gasteiger partial charge in [-0.05, 0) is 44.5 Å². The second kappa shape index (κ2) is 4.45. The molecule has 17 heavy (non-hydrogen) atoms. The van der Waals surface area contributed by atoms with Crippen LogP contribution in [0.15, 0.2) is 34.7 Å². The molecule has 1 N–H and O–H groups in total. The van der Waals surface area contributed by atoms with Gasteiger partial charge in [-0.2, -0.15) is 0 Å². The van der Waals surface area contributed by atoms with Gasteiger partial charge in [-0.1, -0.05) is 17.7 Å². The second-order valence-electron chi connectivity index (χ2n) is 4.17. The van der Waals surface area contributed by atoms with Crippen LogP contribution >= 0.6 is 0 Å². The van der Waals surface area contributed by atoms with Gasteiger partial charge in [0.15, 0.2) is 5.76 Å². The van der Waals surface area contributed by atoms with E-state index in [0.717, 1.165) is 22.6 Å². The number of nitrogens with one attached hydrogen (secondary N) is 1. The molecule has 0 aliphatic rings. The van der Waals surface area contributed by atoms with Crippen molar-refractivity contribution in [3.05, 3.63) is 53.0 Å². The molecule has 0 saturated heterocycles. The fraction of sp³-hybridized carbons (Fsp3) is 0.214. The van der Waals surface area contributed by atoms with Crippen molar-refractivity contribution >= 4 is 11.6 Å². The zero-order valence-electron chi connectivity index (χ0n) is 10.2. The van der Waals surface area contributed by atoms with Crippen LogP contribution in [0.3, 0.4) is 0 Å². The Hall–Kier alpha value is -2.03. The van der Waals surface area contributed by atoms with Crippen molar-refractivity contribution in [3.63, 3.8) is 0 Å². The van der Waals surface area contributed by atoms with E-state index >= 15 is 0 Å². The number of benzene rings is 1. The molecule has 3 nitrogen and oxygen atoms in total. The molecule has 1 amide bonds. The number of amides is 1. The summed E-state index contributed by atoms with van der Waals surface area (Å²) in [5.41, 5.74) is 2.92. The van der Waals surface area contributed by atoms with Gasteiger partial charge in [0, 0.05) is 5.69 Å².